The van der Waals surface area contributed by atoms with Gasteiger partial charge in [0.1, 0.15) is 21.7 Å². The highest BCUT2D eigenvalue weighted by Crippen LogP contribution is 2.25. The van der Waals surface area contributed by atoms with Gasteiger partial charge in [-0.25, -0.2) is 23.1 Å². The number of nitrogens with one attached hydrogen (secondary N) is 2. The largest absolute Gasteiger partial charge is 0.369 e. The molecule has 2 aromatic heterocycles. The van der Waals surface area contributed by atoms with E-state index in [1.807, 2.05) is 19.0 Å². The summed E-state index contributed by atoms with van der Waals surface area (Å²) >= 11 is 6.78. The molecule has 0 spiro atoms. The molecule has 0 aliphatic heterocycles. The zero-order chi connectivity index (χ0) is 17.0. The van der Waals surface area contributed by atoms with Crippen LogP contribution in [0.15, 0.2) is 22.4 Å². The lowest BCUT2D eigenvalue weighted by Gasteiger charge is -2.14. The number of rotatable bonds is 7. The van der Waals surface area contributed by atoms with Crippen molar-refractivity contribution in [2.75, 3.05) is 37.4 Å². The predicted molar refractivity (Wildman–Crippen MR) is 94.1 cm³/mol. The van der Waals surface area contributed by atoms with Gasteiger partial charge < -0.3 is 10.2 Å². The summed E-state index contributed by atoms with van der Waals surface area (Å²) in [5.41, 5.74) is 0. The van der Waals surface area contributed by atoms with Gasteiger partial charge >= 0.3 is 0 Å². The molecule has 23 heavy (non-hydrogen) atoms. The van der Waals surface area contributed by atoms with Crippen LogP contribution in [0.25, 0.3) is 0 Å². The number of aryl methyl sites for hydroxylation is 1. The Morgan fingerprint density at radius 2 is 2.00 bits per heavy atom. The summed E-state index contributed by atoms with van der Waals surface area (Å²) in [6.07, 6.45) is 0. The van der Waals surface area contributed by atoms with E-state index in [4.69, 9.17) is 11.6 Å². The second-order valence-corrected chi connectivity index (χ2v) is 8.64. The van der Waals surface area contributed by atoms with Crippen molar-refractivity contribution in [3.63, 3.8) is 0 Å². The normalized spacial score (nSPS) is 11.5. The molecule has 10 heteroatoms. The molecule has 126 valence electrons. The molecule has 2 N–H and O–H groups in total. The average molecular weight is 376 g/mol. The summed E-state index contributed by atoms with van der Waals surface area (Å²) in [7, 11) is 0.269. The van der Waals surface area contributed by atoms with Crippen LogP contribution in [0.1, 0.15) is 5.82 Å². The van der Waals surface area contributed by atoms with Gasteiger partial charge in [-0.3, -0.25) is 0 Å². The number of anilines is 2. The molecule has 0 bridgehead atoms. The fraction of sp³-hybridized carbons (Fsp3) is 0.385. The standard InChI is InChI=1S/C13H18ClN5O2S2/c1-9-17-11(8-12(18-9)19(2)3)15-6-7-16-23(20,21)13-5-4-10(14)22-13/h4-5,8,16H,6-7H2,1-3H3,(H,15,17,18). The lowest BCUT2D eigenvalue weighted by Crippen LogP contribution is -2.28. The van der Waals surface area contributed by atoms with Crippen LogP contribution in [0.2, 0.25) is 4.34 Å². The molecular formula is C13H18ClN5O2S2. The quantitative estimate of drug-likeness (QED) is 0.719. The number of halogens is 1. The van der Waals surface area contributed by atoms with Gasteiger partial charge in [-0.1, -0.05) is 11.6 Å². The highest BCUT2D eigenvalue weighted by molar-refractivity contribution is 7.91. The molecule has 0 aliphatic carbocycles. The molecule has 0 saturated heterocycles. The highest BCUT2D eigenvalue weighted by Gasteiger charge is 2.15. The third-order valence-electron chi connectivity index (χ3n) is 2.82. The predicted octanol–water partition coefficient (Wildman–Crippen LogP) is 1.96. The molecular weight excluding hydrogens is 358 g/mol. The average Bonchev–Trinajstić information content (AvgIpc) is 2.90. The Morgan fingerprint density at radius 3 is 2.61 bits per heavy atom. The Morgan fingerprint density at radius 1 is 1.26 bits per heavy atom. The summed E-state index contributed by atoms with van der Waals surface area (Å²) in [6.45, 7) is 2.45. The maximum atomic E-state index is 12.0. The van der Waals surface area contributed by atoms with Crippen LogP contribution >= 0.6 is 22.9 Å². The van der Waals surface area contributed by atoms with E-state index < -0.39 is 10.0 Å². The molecule has 2 heterocycles. The summed E-state index contributed by atoms with van der Waals surface area (Å²) in [4.78, 5) is 10.4. The van der Waals surface area contributed by atoms with Crippen molar-refractivity contribution in [3.8, 4) is 0 Å². The van der Waals surface area contributed by atoms with Crippen molar-refractivity contribution >= 4 is 44.6 Å². The summed E-state index contributed by atoms with van der Waals surface area (Å²) in [5.74, 6) is 2.08. The van der Waals surface area contributed by atoms with Crippen molar-refractivity contribution in [3.05, 3.63) is 28.4 Å². The Hall–Kier alpha value is -1.42. The van der Waals surface area contributed by atoms with Gasteiger partial charge in [-0.2, -0.15) is 0 Å². The van der Waals surface area contributed by atoms with Crippen LogP contribution in [0, 0.1) is 6.92 Å². The number of hydrogen-bond donors (Lipinski definition) is 2. The second kappa shape index (κ2) is 7.43. The topological polar surface area (TPSA) is 87.2 Å². The molecule has 0 aromatic carbocycles. The maximum absolute atomic E-state index is 12.0. The number of thiophene rings is 1. The van der Waals surface area contributed by atoms with Crippen LogP contribution in [-0.2, 0) is 10.0 Å². The minimum atomic E-state index is -3.52. The van der Waals surface area contributed by atoms with Crippen molar-refractivity contribution in [2.45, 2.75) is 11.1 Å². The number of hydrogen-bond acceptors (Lipinski definition) is 7. The molecule has 2 aromatic rings. The zero-order valence-electron chi connectivity index (χ0n) is 13.0. The van der Waals surface area contributed by atoms with Gasteiger partial charge in [-0.05, 0) is 19.1 Å². The van der Waals surface area contributed by atoms with E-state index in [2.05, 4.69) is 20.0 Å². The molecule has 0 atom stereocenters. The van der Waals surface area contributed by atoms with Gasteiger partial charge in [0.05, 0.1) is 4.34 Å². The van der Waals surface area contributed by atoms with Crippen molar-refractivity contribution in [2.24, 2.45) is 0 Å². The molecule has 0 fully saturated rings. The Kier molecular flexibility index (Phi) is 5.79. The first-order chi connectivity index (χ1) is 10.8. The summed E-state index contributed by atoms with van der Waals surface area (Å²) in [6, 6.07) is 4.85. The Bertz CT molecular complexity index is 776. The van der Waals surface area contributed by atoms with Crippen LogP contribution in [-0.4, -0.2) is 45.6 Å². The third kappa shape index (κ3) is 5.03. The monoisotopic (exact) mass is 375 g/mol. The van der Waals surface area contributed by atoms with Crippen LogP contribution in [0.3, 0.4) is 0 Å². The van der Waals surface area contributed by atoms with Crippen molar-refractivity contribution < 1.29 is 8.42 Å². The van der Waals surface area contributed by atoms with Crippen LogP contribution in [0.4, 0.5) is 11.6 Å². The minimum absolute atomic E-state index is 0.204. The lowest BCUT2D eigenvalue weighted by molar-refractivity contribution is 0.585. The smallest absolute Gasteiger partial charge is 0.250 e. The maximum Gasteiger partial charge on any atom is 0.250 e. The van der Waals surface area contributed by atoms with Crippen LogP contribution < -0.4 is 14.9 Å². The first-order valence-corrected chi connectivity index (χ1v) is 9.47. The third-order valence-corrected chi connectivity index (χ3v) is 6.00. The van der Waals surface area contributed by atoms with E-state index in [9.17, 15) is 8.42 Å². The number of nitrogens with zero attached hydrogens (tertiary/aromatic N) is 3. The van der Waals surface area contributed by atoms with Gasteiger partial charge in [0.15, 0.2) is 0 Å². The van der Waals surface area contributed by atoms with Gasteiger partial charge in [0, 0.05) is 33.3 Å². The fourth-order valence-electron chi connectivity index (χ4n) is 1.76. The SMILES string of the molecule is Cc1nc(NCCNS(=O)(=O)c2ccc(Cl)s2)cc(N(C)C)n1. The first kappa shape index (κ1) is 17.9. The minimum Gasteiger partial charge on any atom is -0.369 e. The first-order valence-electron chi connectivity index (χ1n) is 6.80. The van der Waals surface area contributed by atoms with Gasteiger partial charge in [0.25, 0.3) is 0 Å². The van der Waals surface area contributed by atoms with E-state index in [0.717, 1.165) is 17.2 Å². The van der Waals surface area contributed by atoms with Crippen LogP contribution in [0.5, 0.6) is 0 Å². The van der Waals surface area contributed by atoms with Gasteiger partial charge in [-0.15, -0.1) is 11.3 Å². The Balaban J connectivity index is 1.90. The van der Waals surface area contributed by atoms with Crippen molar-refractivity contribution in [1.82, 2.24) is 14.7 Å². The molecule has 7 nitrogen and oxygen atoms in total. The molecule has 0 aliphatic rings. The highest BCUT2D eigenvalue weighted by atomic mass is 35.5. The van der Waals surface area contributed by atoms with Crippen molar-refractivity contribution in [1.29, 1.82) is 0 Å². The lowest BCUT2D eigenvalue weighted by atomic mass is 10.4. The molecule has 0 radical (unpaired) electrons. The molecule has 0 saturated carbocycles. The summed E-state index contributed by atoms with van der Waals surface area (Å²) < 4.78 is 27.2. The van der Waals surface area contributed by atoms with E-state index in [-0.39, 0.29) is 10.8 Å². The van der Waals surface area contributed by atoms with E-state index >= 15 is 0 Å². The summed E-state index contributed by atoms with van der Waals surface area (Å²) in [5, 5.41) is 3.08. The zero-order valence-corrected chi connectivity index (χ0v) is 15.4. The number of aromatic nitrogens is 2. The molecule has 0 unspecified atom stereocenters. The Labute approximate surface area is 144 Å². The van der Waals surface area contributed by atoms with Gasteiger partial charge in [0.2, 0.25) is 10.0 Å². The molecule has 0 amide bonds. The van der Waals surface area contributed by atoms with E-state index in [0.29, 0.717) is 22.5 Å². The molecule has 2 rings (SSSR count). The number of sulfonamides is 1. The second-order valence-electron chi connectivity index (χ2n) is 4.94. The fourth-order valence-corrected chi connectivity index (χ4v) is 4.32. The van der Waals surface area contributed by atoms with E-state index in [1.54, 1.807) is 19.1 Å². The van der Waals surface area contributed by atoms with E-state index in [1.165, 1.54) is 6.07 Å².